The van der Waals surface area contributed by atoms with E-state index in [1.54, 1.807) is 24.3 Å². The molecule has 0 bridgehead atoms. The summed E-state index contributed by atoms with van der Waals surface area (Å²) in [5.74, 6) is 0.570. The van der Waals surface area contributed by atoms with Crippen LogP contribution < -0.4 is 4.74 Å². The van der Waals surface area contributed by atoms with Crippen LogP contribution in [0.15, 0.2) is 53.4 Å². The Morgan fingerprint density at radius 1 is 1.21 bits per heavy atom. The number of non-ortho nitro benzene ring substituents is 1. The fourth-order valence-corrected chi connectivity index (χ4v) is 3.20. The smallest absolute Gasteiger partial charge is 0.270 e. The highest BCUT2D eigenvalue weighted by molar-refractivity contribution is 7.89. The van der Waals surface area contributed by atoms with E-state index in [-0.39, 0.29) is 23.7 Å². The molecule has 0 atom stereocenters. The summed E-state index contributed by atoms with van der Waals surface area (Å²) in [6, 6.07) is 11.6. The summed E-state index contributed by atoms with van der Waals surface area (Å²) in [5.41, 5.74) is -0.276. The van der Waals surface area contributed by atoms with E-state index in [0.717, 1.165) is 10.4 Å². The fourth-order valence-electron chi connectivity index (χ4n) is 1.88. The van der Waals surface area contributed by atoms with Crippen LogP contribution in [0.2, 0.25) is 5.02 Å². The first-order valence-electron chi connectivity index (χ1n) is 6.90. The third kappa shape index (κ3) is 4.44. The molecule has 0 aromatic heterocycles. The molecule has 0 N–H and O–H groups in total. The van der Waals surface area contributed by atoms with Crippen molar-refractivity contribution in [2.24, 2.45) is 0 Å². The third-order valence-electron chi connectivity index (χ3n) is 3.23. The average Bonchev–Trinajstić information content (AvgIpc) is 2.56. The van der Waals surface area contributed by atoms with Crippen LogP contribution in [0.5, 0.6) is 5.75 Å². The lowest BCUT2D eigenvalue weighted by Crippen LogP contribution is -2.31. The van der Waals surface area contributed by atoms with Crippen LogP contribution in [0, 0.1) is 10.1 Å². The zero-order valence-corrected chi connectivity index (χ0v) is 14.3. The van der Waals surface area contributed by atoms with Crippen molar-refractivity contribution in [2.45, 2.75) is 4.90 Å². The van der Waals surface area contributed by atoms with Gasteiger partial charge in [0.2, 0.25) is 10.0 Å². The number of halogens is 1. The largest absolute Gasteiger partial charge is 0.492 e. The minimum Gasteiger partial charge on any atom is -0.492 e. The molecule has 0 fully saturated rings. The molecule has 0 radical (unpaired) electrons. The van der Waals surface area contributed by atoms with E-state index in [4.69, 9.17) is 16.3 Å². The predicted molar refractivity (Wildman–Crippen MR) is 89.9 cm³/mol. The Kier molecular flexibility index (Phi) is 5.76. The topological polar surface area (TPSA) is 89.8 Å². The quantitative estimate of drug-likeness (QED) is 0.552. The van der Waals surface area contributed by atoms with Crippen LogP contribution in [0.25, 0.3) is 0 Å². The van der Waals surface area contributed by atoms with Crippen molar-refractivity contribution in [1.29, 1.82) is 0 Å². The Morgan fingerprint density at radius 2 is 1.88 bits per heavy atom. The molecule has 0 heterocycles. The van der Waals surface area contributed by atoms with Crippen molar-refractivity contribution in [3.63, 3.8) is 0 Å². The summed E-state index contributed by atoms with van der Waals surface area (Å²) in [7, 11) is -2.44. The normalized spacial score (nSPS) is 11.5. The highest BCUT2D eigenvalue weighted by Gasteiger charge is 2.22. The van der Waals surface area contributed by atoms with Gasteiger partial charge in [-0.3, -0.25) is 10.1 Å². The Bertz CT molecular complexity index is 824. The molecule has 0 amide bonds. The first-order valence-corrected chi connectivity index (χ1v) is 8.71. The van der Waals surface area contributed by atoms with Gasteiger partial charge in [-0.15, -0.1) is 0 Å². The van der Waals surface area contributed by atoms with Gasteiger partial charge in [-0.25, -0.2) is 8.42 Å². The molecule has 0 spiro atoms. The Balaban J connectivity index is 2.02. The predicted octanol–water partition coefficient (Wildman–Crippen LogP) is 2.95. The molecule has 2 rings (SSSR count). The van der Waals surface area contributed by atoms with E-state index in [1.165, 1.54) is 25.2 Å². The first-order chi connectivity index (χ1) is 11.3. The highest BCUT2D eigenvalue weighted by atomic mass is 35.5. The van der Waals surface area contributed by atoms with E-state index in [9.17, 15) is 18.5 Å². The Hall–Kier alpha value is -2.16. The second kappa shape index (κ2) is 7.61. The van der Waals surface area contributed by atoms with Crippen LogP contribution in [0.1, 0.15) is 0 Å². The van der Waals surface area contributed by atoms with E-state index >= 15 is 0 Å². The highest BCUT2D eigenvalue weighted by Crippen LogP contribution is 2.20. The van der Waals surface area contributed by atoms with Crippen molar-refractivity contribution in [3.8, 4) is 5.75 Å². The third-order valence-corrected chi connectivity index (χ3v) is 5.33. The summed E-state index contributed by atoms with van der Waals surface area (Å²) < 4.78 is 31.4. The monoisotopic (exact) mass is 370 g/mol. The van der Waals surface area contributed by atoms with Crippen molar-refractivity contribution < 1.29 is 18.1 Å². The van der Waals surface area contributed by atoms with Crippen LogP contribution >= 0.6 is 11.6 Å². The van der Waals surface area contributed by atoms with Gasteiger partial charge < -0.3 is 4.74 Å². The fraction of sp³-hybridized carbons (Fsp3) is 0.200. The number of nitro groups is 1. The zero-order chi connectivity index (χ0) is 17.7. The maximum absolute atomic E-state index is 12.4. The van der Waals surface area contributed by atoms with E-state index in [1.807, 2.05) is 0 Å². The van der Waals surface area contributed by atoms with Crippen molar-refractivity contribution in [1.82, 2.24) is 4.31 Å². The minimum absolute atomic E-state index is 0.0909. The summed E-state index contributed by atoms with van der Waals surface area (Å²) in [6.45, 7) is 0.222. The standard InChI is InChI=1S/C15H15ClN2O5S/c1-17(9-10-23-14-7-5-12(16)6-8-14)24(21,22)15-4-2-3-13(11-15)18(19)20/h2-8,11H,9-10H2,1H3. The van der Waals surface area contributed by atoms with Crippen LogP contribution in [0.4, 0.5) is 5.69 Å². The average molecular weight is 371 g/mol. The number of nitrogens with zero attached hydrogens (tertiary/aromatic N) is 2. The molecule has 9 heteroatoms. The molecule has 24 heavy (non-hydrogen) atoms. The Morgan fingerprint density at radius 3 is 2.50 bits per heavy atom. The maximum atomic E-state index is 12.4. The van der Waals surface area contributed by atoms with Gasteiger partial charge >= 0.3 is 0 Å². The van der Waals surface area contributed by atoms with Crippen molar-refractivity contribution in [3.05, 3.63) is 63.7 Å². The lowest BCUT2D eigenvalue weighted by atomic mass is 10.3. The molecular weight excluding hydrogens is 356 g/mol. The summed E-state index contributed by atoms with van der Waals surface area (Å²) >= 11 is 5.77. The molecule has 2 aromatic carbocycles. The zero-order valence-electron chi connectivity index (χ0n) is 12.8. The minimum atomic E-state index is -3.83. The van der Waals surface area contributed by atoms with Crippen LogP contribution in [-0.2, 0) is 10.0 Å². The number of ether oxygens (including phenoxy) is 1. The number of likely N-dealkylation sites (N-methyl/N-ethyl adjacent to an activating group) is 1. The van der Waals surface area contributed by atoms with Gasteiger partial charge in [0.15, 0.2) is 0 Å². The molecule has 0 saturated heterocycles. The van der Waals surface area contributed by atoms with E-state index < -0.39 is 14.9 Å². The summed E-state index contributed by atoms with van der Waals surface area (Å²) in [6.07, 6.45) is 0. The number of nitro benzene ring substituents is 1. The molecule has 2 aromatic rings. The van der Waals surface area contributed by atoms with Gasteiger partial charge in [0.05, 0.1) is 9.82 Å². The second-order valence-corrected chi connectivity index (χ2v) is 7.36. The maximum Gasteiger partial charge on any atom is 0.270 e. The van der Waals surface area contributed by atoms with Crippen LogP contribution in [0.3, 0.4) is 0 Å². The molecule has 0 unspecified atom stereocenters. The van der Waals surface area contributed by atoms with Gasteiger partial charge in [0.25, 0.3) is 5.69 Å². The molecule has 7 nitrogen and oxygen atoms in total. The lowest BCUT2D eigenvalue weighted by Gasteiger charge is -2.17. The number of benzene rings is 2. The molecule has 0 aliphatic carbocycles. The summed E-state index contributed by atoms with van der Waals surface area (Å²) in [5, 5.41) is 11.3. The molecule has 128 valence electrons. The lowest BCUT2D eigenvalue weighted by molar-refractivity contribution is -0.385. The first kappa shape index (κ1) is 18.2. The van der Waals surface area contributed by atoms with Gasteiger partial charge in [0.1, 0.15) is 12.4 Å². The molecular formula is C15H15ClN2O5S. The van der Waals surface area contributed by atoms with Gasteiger partial charge in [0, 0.05) is 30.7 Å². The molecule has 0 saturated carbocycles. The number of rotatable bonds is 7. The van der Waals surface area contributed by atoms with Gasteiger partial charge in [-0.1, -0.05) is 17.7 Å². The SMILES string of the molecule is CN(CCOc1ccc(Cl)cc1)S(=O)(=O)c1cccc([N+](=O)[O-])c1. The molecule has 0 aliphatic heterocycles. The van der Waals surface area contributed by atoms with Gasteiger partial charge in [-0.05, 0) is 30.3 Å². The number of hydrogen-bond acceptors (Lipinski definition) is 5. The van der Waals surface area contributed by atoms with E-state index in [2.05, 4.69) is 0 Å². The molecule has 0 aliphatic rings. The van der Waals surface area contributed by atoms with Gasteiger partial charge in [-0.2, -0.15) is 4.31 Å². The Labute approximate surface area is 144 Å². The summed E-state index contributed by atoms with van der Waals surface area (Å²) in [4.78, 5) is 10.0. The van der Waals surface area contributed by atoms with Crippen LogP contribution in [-0.4, -0.2) is 37.8 Å². The number of sulfonamides is 1. The second-order valence-electron chi connectivity index (χ2n) is 4.88. The number of hydrogen-bond donors (Lipinski definition) is 0. The van der Waals surface area contributed by atoms with E-state index in [0.29, 0.717) is 10.8 Å². The van der Waals surface area contributed by atoms with Crippen molar-refractivity contribution >= 4 is 27.3 Å². The van der Waals surface area contributed by atoms with Crippen molar-refractivity contribution in [2.75, 3.05) is 20.2 Å².